The van der Waals surface area contributed by atoms with E-state index in [1.165, 1.54) is 0 Å². The van der Waals surface area contributed by atoms with Gasteiger partial charge in [-0.3, -0.25) is 0 Å². The van der Waals surface area contributed by atoms with Gasteiger partial charge in [-0.1, -0.05) is 42.5 Å². The molecule has 7 N–H and O–H groups in total. The zero-order valence-corrected chi connectivity index (χ0v) is 24.3. The number of aromatic nitrogens is 6. The smallest absolute Gasteiger partial charge is 0.233 e. The standard InChI is InChI=1S/C31H35N11O2/c1-21-36-27(32-17-15-22-7-11-25(43)12-8-22)39-28(37-21)34-19-20-35-30-40-29(33-18-16-23-9-13-26(44)14-10-23)41-31(42-30)38-24-5-3-2-4-6-24/h2-14,43-44H,15-20H2,1H3,(H2,32,34,36,37,39)(H3,33,35,38,40,41,42). The molecule has 2 heterocycles. The fraction of sp³-hybridized carbons (Fsp3) is 0.226. The first-order valence-corrected chi connectivity index (χ1v) is 14.3. The molecule has 0 amide bonds. The molecule has 0 unspecified atom stereocenters. The summed E-state index contributed by atoms with van der Waals surface area (Å²) < 4.78 is 0. The predicted octanol–water partition coefficient (Wildman–Crippen LogP) is 4.35. The minimum absolute atomic E-state index is 0.241. The zero-order valence-electron chi connectivity index (χ0n) is 24.3. The molecule has 13 heteroatoms. The molecule has 5 aromatic rings. The largest absolute Gasteiger partial charge is 0.508 e. The number of hydrogen-bond acceptors (Lipinski definition) is 13. The number of benzene rings is 3. The van der Waals surface area contributed by atoms with Gasteiger partial charge in [-0.2, -0.15) is 29.9 Å². The molecular weight excluding hydrogens is 558 g/mol. The number of anilines is 6. The molecule has 44 heavy (non-hydrogen) atoms. The van der Waals surface area contributed by atoms with Crippen LogP contribution in [0.15, 0.2) is 78.9 Å². The average molecular weight is 594 g/mol. The van der Waals surface area contributed by atoms with Crippen LogP contribution in [0.3, 0.4) is 0 Å². The molecule has 3 aromatic carbocycles. The fourth-order valence-electron chi connectivity index (χ4n) is 4.19. The summed E-state index contributed by atoms with van der Waals surface area (Å²) in [6.45, 7) is 4.06. The van der Waals surface area contributed by atoms with Gasteiger partial charge in [0.2, 0.25) is 29.7 Å². The molecule has 0 spiro atoms. The SMILES string of the molecule is Cc1nc(NCCNc2nc(NCCc3ccc(O)cc3)nc(Nc3ccccc3)n2)nc(NCCc2ccc(O)cc2)n1. The number of aryl methyl sites for hydroxylation is 1. The molecule has 0 fully saturated rings. The number of nitrogens with zero attached hydrogens (tertiary/aromatic N) is 6. The molecule has 226 valence electrons. The van der Waals surface area contributed by atoms with Gasteiger partial charge < -0.3 is 36.8 Å². The van der Waals surface area contributed by atoms with Gasteiger partial charge in [0.1, 0.15) is 17.3 Å². The summed E-state index contributed by atoms with van der Waals surface area (Å²) in [6, 6.07) is 23.9. The summed E-state index contributed by atoms with van der Waals surface area (Å²) in [5.41, 5.74) is 3.04. The summed E-state index contributed by atoms with van der Waals surface area (Å²) in [6.07, 6.45) is 1.50. The molecule has 2 aromatic heterocycles. The summed E-state index contributed by atoms with van der Waals surface area (Å²) in [5.74, 6) is 3.29. The van der Waals surface area contributed by atoms with Crippen LogP contribution < -0.4 is 26.6 Å². The summed E-state index contributed by atoms with van der Waals surface area (Å²) >= 11 is 0. The number of para-hydroxylation sites is 1. The Morgan fingerprint density at radius 1 is 0.477 bits per heavy atom. The molecule has 5 rings (SSSR count). The summed E-state index contributed by atoms with van der Waals surface area (Å²) in [5, 5.41) is 35.2. The van der Waals surface area contributed by atoms with Gasteiger partial charge in [-0.05, 0) is 67.3 Å². The van der Waals surface area contributed by atoms with E-state index in [0.717, 1.165) is 29.7 Å². The first-order chi connectivity index (χ1) is 21.5. The highest BCUT2D eigenvalue weighted by atomic mass is 16.3. The van der Waals surface area contributed by atoms with Crippen molar-refractivity contribution in [1.82, 2.24) is 29.9 Å². The van der Waals surface area contributed by atoms with Gasteiger partial charge in [0.05, 0.1) is 0 Å². The summed E-state index contributed by atoms with van der Waals surface area (Å²) in [4.78, 5) is 26.8. The average Bonchev–Trinajstić information content (AvgIpc) is 3.02. The normalized spacial score (nSPS) is 10.7. The molecule has 0 aliphatic rings. The van der Waals surface area contributed by atoms with Crippen molar-refractivity contribution in [3.05, 3.63) is 95.8 Å². The van der Waals surface area contributed by atoms with E-state index in [4.69, 9.17) is 0 Å². The lowest BCUT2D eigenvalue weighted by Crippen LogP contribution is -2.19. The van der Waals surface area contributed by atoms with E-state index < -0.39 is 0 Å². The van der Waals surface area contributed by atoms with E-state index in [1.807, 2.05) is 61.5 Å². The third-order valence-corrected chi connectivity index (χ3v) is 6.37. The third-order valence-electron chi connectivity index (χ3n) is 6.37. The van der Waals surface area contributed by atoms with Crippen LogP contribution in [0.1, 0.15) is 17.0 Å². The van der Waals surface area contributed by atoms with Gasteiger partial charge >= 0.3 is 0 Å². The maximum Gasteiger partial charge on any atom is 0.233 e. The van der Waals surface area contributed by atoms with Crippen molar-refractivity contribution in [1.29, 1.82) is 0 Å². The Labute approximate surface area is 255 Å². The molecule has 0 saturated heterocycles. The molecule has 0 radical (unpaired) electrons. The first-order valence-electron chi connectivity index (χ1n) is 14.3. The minimum Gasteiger partial charge on any atom is -0.508 e. The quantitative estimate of drug-likeness (QED) is 0.0853. The zero-order chi connectivity index (χ0) is 30.6. The van der Waals surface area contributed by atoms with Crippen molar-refractivity contribution in [2.24, 2.45) is 0 Å². The molecule has 0 aliphatic heterocycles. The van der Waals surface area contributed by atoms with E-state index in [-0.39, 0.29) is 11.5 Å². The van der Waals surface area contributed by atoms with Crippen molar-refractivity contribution < 1.29 is 10.2 Å². The van der Waals surface area contributed by atoms with Crippen LogP contribution in [0.4, 0.5) is 35.4 Å². The van der Waals surface area contributed by atoms with Gasteiger partial charge in [-0.15, -0.1) is 0 Å². The van der Waals surface area contributed by atoms with Gasteiger partial charge in [-0.25, -0.2) is 0 Å². The number of rotatable bonds is 15. The predicted molar refractivity (Wildman–Crippen MR) is 172 cm³/mol. The number of phenols is 2. The molecular formula is C31H35N11O2. The number of aromatic hydroxyl groups is 2. The molecule has 0 saturated carbocycles. The second kappa shape index (κ2) is 15.0. The van der Waals surface area contributed by atoms with E-state index in [9.17, 15) is 10.2 Å². The van der Waals surface area contributed by atoms with Crippen LogP contribution in [0.2, 0.25) is 0 Å². The first kappa shape index (κ1) is 29.8. The molecule has 0 aliphatic carbocycles. The van der Waals surface area contributed by atoms with E-state index in [2.05, 4.69) is 56.5 Å². The highest BCUT2D eigenvalue weighted by molar-refractivity contribution is 5.55. The Morgan fingerprint density at radius 2 is 0.886 bits per heavy atom. The van der Waals surface area contributed by atoms with Crippen molar-refractivity contribution in [2.75, 3.05) is 52.8 Å². The molecule has 0 atom stereocenters. The lowest BCUT2D eigenvalue weighted by molar-refractivity contribution is 0.474. The van der Waals surface area contributed by atoms with Crippen LogP contribution in [0.25, 0.3) is 0 Å². The Bertz CT molecular complexity index is 1620. The van der Waals surface area contributed by atoms with Gasteiger partial charge in [0.15, 0.2) is 0 Å². The maximum atomic E-state index is 9.51. The highest BCUT2D eigenvalue weighted by Gasteiger charge is 2.08. The lowest BCUT2D eigenvalue weighted by Gasteiger charge is -2.12. The lowest BCUT2D eigenvalue weighted by atomic mass is 10.1. The molecule has 13 nitrogen and oxygen atoms in total. The van der Waals surface area contributed by atoms with Crippen molar-refractivity contribution in [3.63, 3.8) is 0 Å². The number of nitrogens with one attached hydrogen (secondary N) is 5. The van der Waals surface area contributed by atoms with Crippen LogP contribution in [0, 0.1) is 6.92 Å². The van der Waals surface area contributed by atoms with Crippen molar-refractivity contribution in [3.8, 4) is 11.5 Å². The van der Waals surface area contributed by atoms with Crippen LogP contribution in [0.5, 0.6) is 11.5 Å². The Hall–Kier alpha value is -5.72. The Kier molecular flexibility index (Phi) is 10.1. The van der Waals surface area contributed by atoms with E-state index >= 15 is 0 Å². The maximum absolute atomic E-state index is 9.51. The minimum atomic E-state index is 0.241. The number of hydrogen-bond donors (Lipinski definition) is 7. The third kappa shape index (κ3) is 9.41. The fourth-order valence-corrected chi connectivity index (χ4v) is 4.19. The van der Waals surface area contributed by atoms with Crippen molar-refractivity contribution in [2.45, 2.75) is 19.8 Å². The number of phenolic OH excluding ortho intramolecular Hbond substituents is 2. The molecule has 0 bridgehead atoms. The topological polar surface area (TPSA) is 178 Å². The van der Waals surface area contributed by atoms with Crippen LogP contribution >= 0.6 is 0 Å². The van der Waals surface area contributed by atoms with Crippen LogP contribution in [-0.2, 0) is 12.8 Å². The monoisotopic (exact) mass is 593 g/mol. The second-order valence-corrected chi connectivity index (χ2v) is 9.87. The van der Waals surface area contributed by atoms with Gasteiger partial charge in [0, 0.05) is 31.9 Å². The summed E-state index contributed by atoms with van der Waals surface area (Å²) in [7, 11) is 0. The second-order valence-electron chi connectivity index (χ2n) is 9.87. The Morgan fingerprint density at radius 3 is 1.36 bits per heavy atom. The van der Waals surface area contributed by atoms with Crippen LogP contribution in [-0.4, -0.2) is 66.3 Å². The Balaban J connectivity index is 1.15. The van der Waals surface area contributed by atoms with Crippen molar-refractivity contribution >= 4 is 35.4 Å². The highest BCUT2D eigenvalue weighted by Crippen LogP contribution is 2.16. The van der Waals surface area contributed by atoms with Gasteiger partial charge in [0.25, 0.3) is 0 Å². The van der Waals surface area contributed by atoms with E-state index in [1.54, 1.807) is 24.3 Å². The van der Waals surface area contributed by atoms with E-state index in [0.29, 0.717) is 61.7 Å².